The van der Waals surface area contributed by atoms with E-state index in [4.69, 9.17) is 6.11 Å². The summed E-state index contributed by atoms with van der Waals surface area (Å²) >= 11 is 0. The first-order valence-corrected chi connectivity index (χ1v) is 6.44. The third-order valence-electron chi connectivity index (χ3n) is 3.44. The Morgan fingerprint density at radius 1 is 1.68 bits per heavy atom. The highest BCUT2D eigenvalue weighted by atomic mass is 16.5. The van der Waals surface area contributed by atoms with E-state index in [-0.39, 0.29) is 24.0 Å². The van der Waals surface area contributed by atoms with Crippen molar-refractivity contribution in [1.82, 2.24) is 9.55 Å². The number of H-pyrrole nitrogens is 1. The van der Waals surface area contributed by atoms with Gasteiger partial charge in [-0.05, 0) is 32.1 Å². The predicted octanol–water partition coefficient (Wildman–Crippen LogP) is 1.73. The van der Waals surface area contributed by atoms with Gasteiger partial charge in [0.25, 0.3) is 5.56 Å². The van der Waals surface area contributed by atoms with Crippen LogP contribution >= 0.6 is 0 Å². The minimum Gasteiger partial charge on any atom is -0.354 e. The molecule has 0 aliphatic carbocycles. The van der Waals surface area contributed by atoms with Gasteiger partial charge in [0.1, 0.15) is 6.23 Å². The minimum absolute atomic E-state index is 0.182. The van der Waals surface area contributed by atoms with E-state index in [1.807, 2.05) is 6.92 Å². The molecule has 1 aromatic rings. The number of aromatic amines is 1. The molecule has 0 unspecified atom stereocenters. The molecule has 0 amide bonds. The van der Waals surface area contributed by atoms with Crippen LogP contribution in [0.1, 0.15) is 39.3 Å². The summed E-state index contributed by atoms with van der Waals surface area (Å²) < 4.78 is 15.3. The van der Waals surface area contributed by atoms with Crippen molar-refractivity contribution < 1.29 is 6.11 Å². The number of ether oxygens (including phenoxy) is 1. The van der Waals surface area contributed by atoms with Crippen LogP contribution in [0.3, 0.4) is 0 Å². The van der Waals surface area contributed by atoms with Gasteiger partial charge >= 0.3 is 5.69 Å². The molecular formula is C14H20N2O3. The van der Waals surface area contributed by atoms with Gasteiger partial charge in [0, 0.05) is 13.1 Å². The Kier molecular flexibility index (Phi) is 3.64. The van der Waals surface area contributed by atoms with E-state index in [1.54, 1.807) is 13.0 Å². The number of aryl methyl sites for hydroxylation is 1. The molecule has 1 aliphatic heterocycles. The van der Waals surface area contributed by atoms with E-state index >= 15 is 0 Å². The smallest absolute Gasteiger partial charge is 0.330 e. The summed E-state index contributed by atoms with van der Waals surface area (Å²) in [5.41, 5.74) is -0.375. The van der Waals surface area contributed by atoms with Crippen LogP contribution in [0.25, 0.3) is 0 Å². The van der Waals surface area contributed by atoms with Crippen LogP contribution in [0.5, 0.6) is 0 Å². The van der Waals surface area contributed by atoms with Crippen LogP contribution in [-0.4, -0.2) is 15.7 Å². The highest BCUT2D eigenvalue weighted by Crippen LogP contribution is 2.34. The molecule has 0 bridgehead atoms. The summed E-state index contributed by atoms with van der Waals surface area (Å²) in [5.74, 6) is 0.182. The number of nitrogens with one attached hydrogen (secondary N) is 1. The fraction of sp³-hybridized carbons (Fsp3) is 0.571. The third-order valence-corrected chi connectivity index (χ3v) is 3.44. The molecule has 1 aliphatic rings. The van der Waals surface area contributed by atoms with Gasteiger partial charge in [0.2, 0.25) is 0 Å². The number of rotatable bonds is 4. The second-order valence-corrected chi connectivity index (χ2v) is 5.01. The zero-order valence-corrected chi connectivity index (χ0v) is 11.3. The third kappa shape index (κ3) is 2.87. The largest absolute Gasteiger partial charge is 0.354 e. The molecule has 1 N–H and O–H groups in total. The Morgan fingerprint density at radius 3 is 3.11 bits per heavy atom. The lowest BCUT2D eigenvalue weighted by Gasteiger charge is -2.16. The lowest BCUT2D eigenvalue weighted by molar-refractivity contribution is -0.00944. The topological polar surface area (TPSA) is 64.1 Å². The number of aromatic nitrogens is 2. The molecule has 19 heavy (non-hydrogen) atoms. The average Bonchev–Trinajstić information content (AvgIpc) is 2.76. The van der Waals surface area contributed by atoms with E-state index in [0.29, 0.717) is 18.4 Å². The van der Waals surface area contributed by atoms with Crippen molar-refractivity contribution in [3.63, 3.8) is 0 Å². The molecule has 0 radical (unpaired) electrons. The van der Waals surface area contributed by atoms with Gasteiger partial charge in [-0.15, -0.1) is 6.58 Å². The van der Waals surface area contributed by atoms with Crippen LogP contribution in [-0.2, 0) is 4.74 Å². The Labute approximate surface area is 113 Å². The SMILES string of the molecule is [2H][C@H](CC=C)[C@H]1O[C@@H](n2cc(C)c(=O)[nH]c2=O)C[C@@H]1C. The maximum absolute atomic E-state index is 11.9. The molecule has 5 nitrogen and oxygen atoms in total. The fourth-order valence-corrected chi connectivity index (χ4v) is 2.32. The first-order chi connectivity index (χ1) is 9.43. The number of hydrogen-bond donors (Lipinski definition) is 1. The van der Waals surface area contributed by atoms with Crippen LogP contribution in [0, 0.1) is 12.8 Å². The predicted molar refractivity (Wildman–Crippen MR) is 73.2 cm³/mol. The average molecular weight is 265 g/mol. The Balaban J connectivity index is 2.24. The van der Waals surface area contributed by atoms with E-state index in [2.05, 4.69) is 11.6 Å². The molecule has 2 rings (SSSR count). The summed E-state index contributed by atoms with van der Waals surface area (Å²) in [6, 6.07) is 0. The van der Waals surface area contributed by atoms with Gasteiger partial charge in [-0.2, -0.15) is 0 Å². The molecule has 4 atom stereocenters. The fourth-order valence-electron chi connectivity index (χ4n) is 2.32. The maximum atomic E-state index is 11.9. The van der Waals surface area contributed by atoms with Crippen molar-refractivity contribution in [2.45, 2.75) is 45.4 Å². The Hall–Kier alpha value is -1.62. The van der Waals surface area contributed by atoms with Gasteiger partial charge in [-0.1, -0.05) is 13.0 Å². The molecule has 104 valence electrons. The first-order valence-electron chi connectivity index (χ1n) is 7.02. The zero-order chi connectivity index (χ0) is 14.9. The van der Waals surface area contributed by atoms with Crippen LogP contribution in [0.2, 0.25) is 0 Å². The normalized spacial score (nSPS) is 28.9. The van der Waals surface area contributed by atoms with Gasteiger partial charge in [-0.25, -0.2) is 4.79 Å². The van der Waals surface area contributed by atoms with Crippen molar-refractivity contribution in [3.05, 3.63) is 45.3 Å². The van der Waals surface area contributed by atoms with Crippen molar-refractivity contribution >= 4 is 0 Å². The second-order valence-electron chi connectivity index (χ2n) is 5.01. The van der Waals surface area contributed by atoms with Crippen LogP contribution < -0.4 is 11.2 Å². The summed E-state index contributed by atoms with van der Waals surface area (Å²) in [6.07, 6.45) is 3.41. The zero-order valence-electron chi connectivity index (χ0n) is 12.3. The molecule has 2 heterocycles. The highest BCUT2D eigenvalue weighted by molar-refractivity contribution is 5.01. The standard InChI is InChI=1S/C14H20N2O3/c1-4-5-6-11-9(2)7-12(19-11)16-8-10(3)13(17)15-14(16)18/h4,8-9,11-12H,1,5-7H2,2-3H3,(H,15,17,18)/t9-,11+,12+/m0/s1/i6D/t6-,9+,11-,12-/m1. The highest BCUT2D eigenvalue weighted by Gasteiger charge is 2.33. The van der Waals surface area contributed by atoms with Crippen molar-refractivity contribution in [1.29, 1.82) is 0 Å². The van der Waals surface area contributed by atoms with Crippen LogP contribution in [0.15, 0.2) is 28.4 Å². The minimum atomic E-state index is -0.469. The number of nitrogens with zero attached hydrogens (tertiary/aromatic N) is 1. The molecule has 1 saturated heterocycles. The van der Waals surface area contributed by atoms with Gasteiger partial charge < -0.3 is 4.74 Å². The molecule has 5 heteroatoms. The monoisotopic (exact) mass is 265 g/mol. The van der Waals surface area contributed by atoms with E-state index < -0.39 is 11.9 Å². The van der Waals surface area contributed by atoms with Crippen molar-refractivity contribution in [2.24, 2.45) is 5.92 Å². The molecule has 0 aromatic carbocycles. The number of hydrogen-bond acceptors (Lipinski definition) is 3. The summed E-state index contributed by atoms with van der Waals surface area (Å²) in [4.78, 5) is 25.5. The Bertz CT molecular complexity index is 607. The van der Waals surface area contributed by atoms with E-state index in [0.717, 1.165) is 0 Å². The van der Waals surface area contributed by atoms with Gasteiger partial charge in [0.15, 0.2) is 0 Å². The van der Waals surface area contributed by atoms with Gasteiger partial charge in [-0.3, -0.25) is 14.3 Å². The second kappa shape index (κ2) is 5.57. The van der Waals surface area contributed by atoms with Crippen LogP contribution in [0.4, 0.5) is 0 Å². The van der Waals surface area contributed by atoms with E-state index in [1.165, 1.54) is 10.8 Å². The quantitative estimate of drug-likeness (QED) is 0.843. The summed E-state index contributed by atoms with van der Waals surface area (Å²) in [6.45, 7) is 7.30. The van der Waals surface area contributed by atoms with Crippen molar-refractivity contribution in [2.75, 3.05) is 0 Å². The number of allylic oxidation sites excluding steroid dienone is 1. The maximum Gasteiger partial charge on any atom is 0.330 e. The first kappa shape index (κ1) is 12.4. The van der Waals surface area contributed by atoms with Gasteiger partial charge in [0.05, 0.1) is 6.10 Å². The molecule has 0 spiro atoms. The summed E-state index contributed by atoms with van der Waals surface area (Å²) in [5, 5.41) is 0. The molecule has 1 fully saturated rings. The Morgan fingerprint density at radius 2 is 2.42 bits per heavy atom. The molecule has 0 saturated carbocycles. The lowest BCUT2D eigenvalue weighted by atomic mass is 9.99. The van der Waals surface area contributed by atoms with E-state index in [9.17, 15) is 9.59 Å². The molecular weight excluding hydrogens is 244 g/mol. The lowest BCUT2D eigenvalue weighted by Crippen LogP contribution is -2.33. The van der Waals surface area contributed by atoms with Crippen molar-refractivity contribution in [3.8, 4) is 0 Å². The summed E-state index contributed by atoms with van der Waals surface area (Å²) in [7, 11) is 0. The molecule has 1 aromatic heterocycles.